The molecule has 5 rings (SSSR count). The second-order valence-corrected chi connectivity index (χ2v) is 14.8. The molecular weight excluding hydrogens is 658 g/mol. The van der Waals surface area contributed by atoms with Crippen LogP contribution in [-0.4, -0.2) is 58.8 Å². The lowest BCUT2D eigenvalue weighted by atomic mass is 9.79. The van der Waals surface area contributed by atoms with Gasteiger partial charge in [0.25, 0.3) is 15.6 Å². The summed E-state index contributed by atoms with van der Waals surface area (Å²) in [5.41, 5.74) is 3.24. The van der Waals surface area contributed by atoms with Crippen LogP contribution in [0.5, 0.6) is 0 Å². The number of benzene rings is 3. The van der Waals surface area contributed by atoms with Crippen molar-refractivity contribution in [1.29, 1.82) is 0 Å². The number of rotatable bonds is 12. The first kappa shape index (κ1) is 35.2. The summed E-state index contributed by atoms with van der Waals surface area (Å²) in [5, 5.41) is 6.50. The Hall–Kier alpha value is -3.10. The molecule has 2 amide bonds. The van der Waals surface area contributed by atoms with E-state index in [2.05, 4.69) is 15.5 Å². The average molecular weight is 700 g/mol. The number of hydrogen-bond acceptors (Lipinski definition) is 4. The fourth-order valence-corrected chi connectivity index (χ4v) is 6.68. The van der Waals surface area contributed by atoms with Crippen molar-refractivity contribution in [3.05, 3.63) is 107 Å². The predicted molar refractivity (Wildman–Crippen MR) is 191 cm³/mol. The number of amides is 2. The molecule has 1 saturated heterocycles. The third-order valence-corrected chi connectivity index (χ3v) is 9.40. The zero-order chi connectivity index (χ0) is 33.3. The third-order valence-electron chi connectivity index (χ3n) is 8.89. The average Bonchev–Trinajstić information content (AvgIpc) is 3.07. The number of anilines is 2. The summed E-state index contributed by atoms with van der Waals surface area (Å²) in [5.74, 6) is -1.21. The number of nitrogens with one attached hydrogen (secondary N) is 2. The van der Waals surface area contributed by atoms with Crippen molar-refractivity contribution in [2.24, 2.45) is 0 Å². The lowest BCUT2D eigenvalue weighted by Gasteiger charge is -2.38. The van der Waals surface area contributed by atoms with Gasteiger partial charge in [-0.1, -0.05) is 83.2 Å². The van der Waals surface area contributed by atoms with Crippen LogP contribution in [0, 0.1) is 5.82 Å². The van der Waals surface area contributed by atoms with Crippen LogP contribution in [-0.2, 0) is 11.2 Å². The zero-order valence-corrected chi connectivity index (χ0v) is 28.8. The predicted octanol–water partition coefficient (Wildman–Crippen LogP) is 8.34. The van der Waals surface area contributed by atoms with Crippen molar-refractivity contribution < 1.29 is 14.0 Å². The van der Waals surface area contributed by atoms with Crippen molar-refractivity contribution in [2.45, 2.75) is 60.7 Å². The molecule has 1 atom stereocenters. The molecule has 0 aromatic heterocycles. The van der Waals surface area contributed by atoms with Gasteiger partial charge in [0.2, 0.25) is 0 Å². The van der Waals surface area contributed by atoms with E-state index in [0.717, 1.165) is 54.9 Å². The molecule has 1 aliphatic carbocycles. The van der Waals surface area contributed by atoms with Crippen LogP contribution < -0.4 is 15.5 Å². The van der Waals surface area contributed by atoms with Crippen LogP contribution in [0.25, 0.3) is 0 Å². The molecule has 1 heterocycles. The van der Waals surface area contributed by atoms with Crippen LogP contribution >= 0.6 is 34.8 Å². The van der Waals surface area contributed by atoms with Gasteiger partial charge in [0.15, 0.2) is 0 Å². The first-order valence-corrected chi connectivity index (χ1v) is 17.5. The van der Waals surface area contributed by atoms with Gasteiger partial charge in [0, 0.05) is 30.0 Å². The lowest BCUT2D eigenvalue weighted by molar-refractivity contribution is -0.121. The Balaban J connectivity index is 1.37. The van der Waals surface area contributed by atoms with Crippen molar-refractivity contribution in [1.82, 2.24) is 10.2 Å². The number of piperidine rings is 1. The first-order chi connectivity index (χ1) is 22.6. The van der Waals surface area contributed by atoms with Gasteiger partial charge in [-0.25, -0.2) is 4.39 Å². The minimum atomic E-state index is -2.15. The Morgan fingerprint density at radius 1 is 0.894 bits per heavy atom. The lowest BCUT2D eigenvalue weighted by Crippen LogP contribution is -2.53. The summed E-state index contributed by atoms with van der Waals surface area (Å²) < 4.78 is 11.6. The molecule has 10 heteroatoms. The number of nitrogens with zero attached hydrogens (tertiary/aromatic N) is 2. The normalized spacial score (nSPS) is 18.7. The smallest absolute Gasteiger partial charge is 0.272 e. The van der Waals surface area contributed by atoms with Crippen molar-refractivity contribution in [2.75, 3.05) is 42.9 Å². The Kier molecular flexibility index (Phi) is 12.2. The second kappa shape index (κ2) is 16.3. The number of hydrogen-bond donors (Lipinski definition) is 2. The fraction of sp³-hybridized carbons (Fsp3) is 0.405. The van der Waals surface area contributed by atoms with Crippen LogP contribution in [0.15, 0.2) is 90.5 Å². The van der Waals surface area contributed by atoms with Gasteiger partial charge in [-0.3, -0.25) is 9.59 Å². The zero-order valence-electron chi connectivity index (χ0n) is 26.5. The van der Waals surface area contributed by atoms with E-state index in [1.165, 1.54) is 44.5 Å². The van der Waals surface area contributed by atoms with E-state index in [-0.39, 0.29) is 11.7 Å². The largest absolute Gasteiger partial charge is 0.385 e. The van der Waals surface area contributed by atoms with Gasteiger partial charge >= 0.3 is 0 Å². The quantitative estimate of drug-likeness (QED) is 0.113. The highest BCUT2D eigenvalue weighted by atomic mass is 35.6. The highest BCUT2D eigenvalue weighted by Gasteiger charge is 2.39. The van der Waals surface area contributed by atoms with Gasteiger partial charge in [0.05, 0.1) is 5.54 Å². The molecule has 1 aliphatic heterocycles. The number of carbonyl (C=O) groups excluding carboxylic acids is 2. The van der Waals surface area contributed by atoms with Crippen molar-refractivity contribution >= 4 is 58.0 Å². The molecule has 0 spiro atoms. The number of halogens is 4. The fourth-order valence-electron chi connectivity index (χ4n) is 6.53. The Labute approximate surface area is 292 Å². The summed E-state index contributed by atoms with van der Waals surface area (Å²) in [6, 6.07) is 23.3. The van der Waals surface area contributed by atoms with Crippen LogP contribution in [0.4, 0.5) is 15.8 Å². The molecule has 0 saturated carbocycles. The molecule has 1 fully saturated rings. The SMILES string of the molecule is O=C(c1ccccc1)N(CC1=CC(Cc2ccc(F)cc2)(NC(=O)C(Cl)(Cl)Cl)CCC1)c1ccc(NCCCN2CCCCC2)cc1. The monoisotopic (exact) mass is 698 g/mol. The number of likely N-dealkylation sites (tertiary alicyclic amines) is 1. The summed E-state index contributed by atoms with van der Waals surface area (Å²) in [4.78, 5) is 31.3. The number of alkyl halides is 3. The highest BCUT2D eigenvalue weighted by Crippen LogP contribution is 2.35. The second-order valence-electron chi connectivity index (χ2n) is 12.6. The molecule has 0 bridgehead atoms. The molecule has 6 nitrogen and oxygen atoms in total. The molecule has 47 heavy (non-hydrogen) atoms. The molecule has 250 valence electrons. The van der Waals surface area contributed by atoms with Gasteiger partial charge in [-0.2, -0.15) is 0 Å². The van der Waals surface area contributed by atoms with Crippen molar-refractivity contribution in [3.8, 4) is 0 Å². The molecule has 0 radical (unpaired) electrons. The van der Waals surface area contributed by atoms with E-state index in [0.29, 0.717) is 24.9 Å². The minimum absolute atomic E-state index is 0.131. The van der Waals surface area contributed by atoms with E-state index in [9.17, 15) is 14.0 Å². The van der Waals surface area contributed by atoms with E-state index in [4.69, 9.17) is 34.8 Å². The summed E-state index contributed by atoms with van der Waals surface area (Å²) in [6.45, 7) is 4.69. The molecule has 3 aromatic carbocycles. The van der Waals surface area contributed by atoms with Gasteiger partial charge < -0.3 is 20.4 Å². The Bertz CT molecular complexity index is 1510. The van der Waals surface area contributed by atoms with E-state index >= 15 is 0 Å². The van der Waals surface area contributed by atoms with Crippen LogP contribution in [0.2, 0.25) is 0 Å². The summed E-state index contributed by atoms with van der Waals surface area (Å²) in [7, 11) is 0. The van der Waals surface area contributed by atoms with Gasteiger partial charge in [0.1, 0.15) is 5.82 Å². The highest BCUT2D eigenvalue weighted by molar-refractivity contribution is 6.76. The van der Waals surface area contributed by atoms with E-state index in [1.54, 1.807) is 17.0 Å². The van der Waals surface area contributed by atoms with E-state index < -0.39 is 15.2 Å². The molecule has 2 N–H and O–H groups in total. The van der Waals surface area contributed by atoms with Gasteiger partial charge in [-0.15, -0.1) is 0 Å². The Morgan fingerprint density at radius 2 is 1.60 bits per heavy atom. The molecule has 1 unspecified atom stereocenters. The van der Waals surface area contributed by atoms with Crippen LogP contribution in [0.1, 0.15) is 60.9 Å². The maximum atomic E-state index is 14.0. The van der Waals surface area contributed by atoms with Crippen LogP contribution in [0.3, 0.4) is 0 Å². The standard InChI is InChI=1S/C37H42Cl3FN4O2/c38-37(39,40)35(47)43-36(25-28-12-14-31(41)15-13-28)20-7-9-29(26-36)27-45(34(46)30-10-3-1-4-11-30)33-18-16-32(17-19-33)42-21-8-24-44-22-5-2-6-23-44/h1,3-4,10-19,26,42H,2,5-9,20-25,27H2,(H,43,47). The topological polar surface area (TPSA) is 64.7 Å². The minimum Gasteiger partial charge on any atom is -0.385 e. The summed E-state index contributed by atoms with van der Waals surface area (Å²) in [6.07, 6.45) is 9.42. The third kappa shape index (κ3) is 10.2. The van der Waals surface area contributed by atoms with E-state index in [1.807, 2.05) is 60.7 Å². The summed E-state index contributed by atoms with van der Waals surface area (Å²) >= 11 is 17.9. The van der Waals surface area contributed by atoms with Crippen molar-refractivity contribution in [3.63, 3.8) is 0 Å². The molecule has 2 aliphatic rings. The maximum Gasteiger partial charge on any atom is 0.272 e. The Morgan fingerprint density at radius 3 is 2.28 bits per heavy atom. The maximum absolute atomic E-state index is 14.0. The van der Waals surface area contributed by atoms with Gasteiger partial charge in [-0.05, 0) is 119 Å². The first-order valence-electron chi connectivity index (χ1n) is 16.4. The molecule has 3 aromatic rings. The number of carbonyl (C=O) groups is 2. The molecular formula is C37H42Cl3FN4O2.